The van der Waals surface area contributed by atoms with Gasteiger partial charge in [-0.15, -0.1) is 0 Å². The number of alkyl halides is 2. The first-order valence-electron chi connectivity index (χ1n) is 3.74. The molecule has 0 heterocycles. The normalized spacial score (nSPS) is 11.6. The summed E-state index contributed by atoms with van der Waals surface area (Å²) in [7, 11) is 0. The van der Waals surface area contributed by atoms with Gasteiger partial charge >= 0.3 is 11.9 Å². The Bertz CT molecular complexity index is 439. The Morgan fingerprint density at radius 1 is 1.31 bits per heavy atom. The van der Waals surface area contributed by atoms with Gasteiger partial charge in [0.1, 0.15) is 0 Å². The first kappa shape index (κ1) is 13.3. The fourth-order valence-electron chi connectivity index (χ4n) is 1.02. The molecule has 0 atom stereocenters. The van der Waals surface area contributed by atoms with Crippen molar-refractivity contribution in [2.45, 2.75) is 5.92 Å². The lowest BCUT2D eigenvalue weighted by atomic mass is 10.1. The third-order valence-corrected chi connectivity index (χ3v) is 2.89. The first-order valence-corrected chi connectivity index (χ1v) is 4.87. The van der Waals surface area contributed by atoms with Crippen LogP contribution in [-0.4, -0.2) is 11.1 Å². The van der Waals surface area contributed by atoms with E-state index >= 15 is 0 Å². The van der Waals surface area contributed by atoms with E-state index in [9.17, 15) is 13.6 Å². The zero-order valence-corrected chi connectivity index (χ0v) is 9.67. The zero-order chi connectivity index (χ0) is 12.7. The second-order valence-corrected chi connectivity index (χ2v) is 4.01. The maximum absolute atomic E-state index is 13.3. The number of benzene rings is 1. The molecular weight excluding hydrogens is 286 g/mol. The molecule has 0 bridgehead atoms. The molecule has 0 aliphatic rings. The SMILES string of the molecule is Nc1c(Cl)cc(Cl)c(Cl)c1C(F)(F)C(=O)O. The van der Waals surface area contributed by atoms with E-state index in [1.165, 1.54) is 0 Å². The Morgan fingerprint density at radius 3 is 2.25 bits per heavy atom. The van der Waals surface area contributed by atoms with Crippen molar-refractivity contribution in [1.82, 2.24) is 0 Å². The Balaban J connectivity index is 3.62. The summed E-state index contributed by atoms with van der Waals surface area (Å²) in [5.41, 5.74) is 3.55. The van der Waals surface area contributed by atoms with Crippen LogP contribution in [0.5, 0.6) is 0 Å². The van der Waals surface area contributed by atoms with Gasteiger partial charge in [0.05, 0.1) is 26.3 Å². The molecule has 0 amide bonds. The predicted molar refractivity (Wildman–Crippen MR) is 57.4 cm³/mol. The number of hydrogen-bond donors (Lipinski definition) is 2. The van der Waals surface area contributed by atoms with Crippen molar-refractivity contribution >= 4 is 46.5 Å². The van der Waals surface area contributed by atoms with Crippen molar-refractivity contribution in [3.8, 4) is 0 Å². The molecule has 0 radical (unpaired) electrons. The summed E-state index contributed by atoms with van der Waals surface area (Å²) in [6.07, 6.45) is 0. The Labute approximate surface area is 104 Å². The number of hydrogen-bond acceptors (Lipinski definition) is 2. The van der Waals surface area contributed by atoms with Crippen LogP contribution in [0.3, 0.4) is 0 Å². The summed E-state index contributed by atoms with van der Waals surface area (Å²) in [4.78, 5) is 10.4. The average Bonchev–Trinajstić information content (AvgIpc) is 2.14. The van der Waals surface area contributed by atoms with Crippen LogP contribution in [0, 0.1) is 0 Å². The minimum absolute atomic E-state index is 0.287. The van der Waals surface area contributed by atoms with Gasteiger partial charge < -0.3 is 10.8 Å². The number of carboxylic acids is 1. The second kappa shape index (κ2) is 4.24. The van der Waals surface area contributed by atoms with E-state index in [0.717, 1.165) is 6.07 Å². The summed E-state index contributed by atoms with van der Waals surface area (Å²) < 4.78 is 26.6. The molecule has 0 aromatic heterocycles. The molecule has 1 aromatic rings. The molecule has 0 saturated carbocycles. The molecule has 0 aliphatic carbocycles. The topological polar surface area (TPSA) is 63.3 Å². The van der Waals surface area contributed by atoms with Crippen LogP contribution in [0.15, 0.2) is 6.07 Å². The lowest BCUT2D eigenvalue weighted by Gasteiger charge is -2.17. The maximum Gasteiger partial charge on any atom is 0.379 e. The molecule has 0 spiro atoms. The van der Waals surface area contributed by atoms with E-state index in [-0.39, 0.29) is 10.0 Å². The quantitative estimate of drug-likeness (QED) is 0.648. The van der Waals surface area contributed by atoms with Crippen LogP contribution in [0.25, 0.3) is 0 Å². The largest absolute Gasteiger partial charge is 0.477 e. The van der Waals surface area contributed by atoms with Gasteiger partial charge in [-0.2, -0.15) is 8.78 Å². The minimum Gasteiger partial charge on any atom is -0.477 e. The van der Waals surface area contributed by atoms with E-state index in [1.807, 2.05) is 0 Å². The molecule has 1 rings (SSSR count). The number of anilines is 1. The average molecular weight is 290 g/mol. The zero-order valence-electron chi connectivity index (χ0n) is 7.40. The summed E-state index contributed by atoms with van der Waals surface area (Å²) in [6, 6.07) is 1.06. The van der Waals surface area contributed by atoms with Crippen LogP contribution in [0.4, 0.5) is 14.5 Å². The van der Waals surface area contributed by atoms with E-state index in [0.29, 0.717) is 0 Å². The van der Waals surface area contributed by atoms with Crippen molar-refractivity contribution in [3.05, 3.63) is 26.7 Å². The van der Waals surface area contributed by atoms with Crippen LogP contribution < -0.4 is 5.73 Å². The third kappa shape index (κ3) is 2.03. The van der Waals surface area contributed by atoms with Crippen molar-refractivity contribution in [3.63, 3.8) is 0 Å². The summed E-state index contributed by atoms with van der Waals surface area (Å²) >= 11 is 16.5. The third-order valence-electron chi connectivity index (χ3n) is 1.79. The molecule has 0 aliphatic heterocycles. The van der Waals surface area contributed by atoms with Gasteiger partial charge in [-0.05, 0) is 6.07 Å². The molecule has 16 heavy (non-hydrogen) atoms. The van der Waals surface area contributed by atoms with E-state index in [2.05, 4.69) is 0 Å². The van der Waals surface area contributed by atoms with E-state index in [4.69, 9.17) is 45.6 Å². The van der Waals surface area contributed by atoms with Crippen LogP contribution >= 0.6 is 34.8 Å². The predicted octanol–water partition coefficient (Wildman–Crippen LogP) is 3.41. The van der Waals surface area contributed by atoms with Crippen molar-refractivity contribution in [1.29, 1.82) is 0 Å². The fourth-order valence-corrected chi connectivity index (χ4v) is 1.76. The Kier molecular flexibility index (Phi) is 3.52. The van der Waals surface area contributed by atoms with Crippen molar-refractivity contribution < 1.29 is 18.7 Å². The highest BCUT2D eigenvalue weighted by molar-refractivity contribution is 6.44. The van der Waals surface area contributed by atoms with Gasteiger partial charge in [0, 0.05) is 0 Å². The Morgan fingerprint density at radius 2 is 1.81 bits per heavy atom. The lowest BCUT2D eigenvalue weighted by Crippen LogP contribution is -2.27. The standard InChI is InChI=1S/C8H4Cl3F2NO2/c9-2-1-3(10)6(14)4(5(2)11)8(12,13)7(15)16/h1H,14H2,(H,15,16). The molecular formula is C8H4Cl3F2NO2. The molecule has 0 unspecified atom stereocenters. The van der Waals surface area contributed by atoms with Gasteiger partial charge in [0.25, 0.3) is 0 Å². The lowest BCUT2D eigenvalue weighted by molar-refractivity contribution is -0.166. The Hall–Kier alpha value is -0.780. The minimum atomic E-state index is -4.25. The summed E-state index contributed by atoms with van der Waals surface area (Å²) in [5, 5.41) is 7.16. The smallest absolute Gasteiger partial charge is 0.379 e. The summed E-state index contributed by atoms with van der Waals surface area (Å²) in [5.74, 6) is -6.64. The number of nitrogens with two attached hydrogens (primary N) is 1. The highest BCUT2D eigenvalue weighted by Gasteiger charge is 2.45. The van der Waals surface area contributed by atoms with E-state index in [1.54, 1.807) is 0 Å². The summed E-state index contributed by atoms with van der Waals surface area (Å²) in [6.45, 7) is 0. The molecule has 3 nitrogen and oxygen atoms in total. The second-order valence-electron chi connectivity index (χ2n) is 2.82. The van der Waals surface area contributed by atoms with Crippen molar-refractivity contribution in [2.24, 2.45) is 0 Å². The first-order chi connectivity index (χ1) is 7.19. The number of nitrogen functional groups attached to an aromatic ring is 1. The van der Waals surface area contributed by atoms with Crippen LogP contribution in [-0.2, 0) is 10.7 Å². The van der Waals surface area contributed by atoms with Crippen LogP contribution in [0.1, 0.15) is 5.56 Å². The fraction of sp³-hybridized carbons (Fsp3) is 0.125. The van der Waals surface area contributed by atoms with Crippen LogP contribution in [0.2, 0.25) is 15.1 Å². The van der Waals surface area contributed by atoms with Gasteiger partial charge in [-0.3, -0.25) is 0 Å². The highest BCUT2D eigenvalue weighted by Crippen LogP contribution is 2.44. The van der Waals surface area contributed by atoms with Gasteiger partial charge in [0.15, 0.2) is 0 Å². The van der Waals surface area contributed by atoms with Gasteiger partial charge in [-0.25, -0.2) is 4.79 Å². The molecule has 0 fully saturated rings. The monoisotopic (exact) mass is 289 g/mol. The maximum atomic E-state index is 13.3. The molecule has 0 saturated heterocycles. The molecule has 1 aromatic carbocycles. The highest BCUT2D eigenvalue weighted by atomic mass is 35.5. The molecule has 8 heteroatoms. The number of rotatable bonds is 2. The van der Waals surface area contributed by atoms with E-state index < -0.39 is 28.2 Å². The number of halogens is 5. The van der Waals surface area contributed by atoms with Gasteiger partial charge in [-0.1, -0.05) is 34.8 Å². The number of aliphatic carboxylic acids is 1. The molecule has 88 valence electrons. The molecule has 3 N–H and O–H groups in total. The van der Waals surface area contributed by atoms with Gasteiger partial charge in [0.2, 0.25) is 0 Å². The number of carboxylic acid groups (broad SMARTS) is 1. The number of carbonyl (C=O) groups is 1. The van der Waals surface area contributed by atoms with Crippen molar-refractivity contribution in [2.75, 3.05) is 5.73 Å².